The number of rotatable bonds is 9. The molecule has 1 aromatic heterocycles. The summed E-state index contributed by atoms with van der Waals surface area (Å²) < 4.78 is 8.95. The summed E-state index contributed by atoms with van der Waals surface area (Å²) in [5.41, 5.74) is 2.26. The first-order chi connectivity index (χ1) is 13.6. The van der Waals surface area contributed by atoms with Crippen LogP contribution in [0.4, 0.5) is 0 Å². The maximum Gasteiger partial charge on any atom is 0.192 e. The summed E-state index contributed by atoms with van der Waals surface area (Å²) in [5, 5.41) is 9.73. The molecule has 0 spiro atoms. The van der Waals surface area contributed by atoms with Crippen LogP contribution < -0.4 is 4.74 Å². The Morgan fingerprint density at radius 1 is 1.11 bits per heavy atom. The van der Waals surface area contributed by atoms with Crippen molar-refractivity contribution in [3.8, 4) is 17.1 Å². The Balaban J connectivity index is 1.76. The molecule has 0 aliphatic carbocycles. The first kappa shape index (κ1) is 20.7. The molecule has 6 heteroatoms. The van der Waals surface area contributed by atoms with E-state index in [1.807, 2.05) is 30.3 Å². The van der Waals surface area contributed by atoms with Gasteiger partial charge in [-0.15, -0.1) is 16.8 Å². The summed E-state index contributed by atoms with van der Waals surface area (Å²) in [6, 6.07) is 16.4. The number of allylic oxidation sites excluding steroid dienone is 1. The summed E-state index contributed by atoms with van der Waals surface area (Å²) in [5.74, 6) is 3.05. The normalized spacial score (nSPS) is 11.0. The molecule has 4 nitrogen and oxygen atoms in total. The number of halogens is 1. The Bertz CT molecular complexity index is 905. The molecule has 3 aromatic rings. The number of hydrogen-bond donors (Lipinski definition) is 0. The highest BCUT2D eigenvalue weighted by molar-refractivity contribution is 9.10. The van der Waals surface area contributed by atoms with Crippen molar-refractivity contribution in [1.29, 1.82) is 0 Å². The smallest absolute Gasteiger partial charge is 0.192 e. The third-order valence-electron chi connectivity index (χ3n) is 4.01. The van der Waals surface area contributed by atoms with Crippen LogP contribution in [0.25, 0.3) is 11.4 Å². The van der Waals surface area contributed by atoms with E-state index in [1.165, 1.54) is 5.56 Å². The molecule has 0 unspecified atom stereocenters. The average Bonchev–Trinajstić information content (AvgIpc) is 3.09. The van der Waals surface area contributed by atoms with Gasteiger partial charge in [-0.2, -0.15) is 0 Å². The van der Waals surface area contributed by atoms with E-state index in [4.69, 9.17) is 4.74 Å². The molecule has 0 N–H and O–H groups in total. The number of nitrogens with zero attached hydrogens (tertiary/aromatic N) is 3. The average molecular weight is 458 g/mol. The molecule has 28 heavy (non-hydrogen) atoms. The van der Waals surface area contributed by atoms with Crippen molar-refractivity contribution in [3.63, 3.8) is 0 Å². The molecule has 0 amide bonds. The third-order valence-corrected chi connectivity index (χ3v) is 5.57. The van der Waals surface area contributed by atoms with Gasteiger partial charge < -0.3 is 4.74 Å². The van der Waals surface area contributed by atoms with Crippen molar-refractivity contribution >= 4 is 27.7 Å². The van der Waals surface area contributed by atoms with E-state index in [0.717, 1.165) is 32.5 Å². The van der Waals surface area contributed by atoms with Crippen LogP contribution >= 0.6 is 27.7 Å². The molecule has 3 rings (SSSR count). The zero-order valence-electron chi connectivity index (χ0n) is 16.1. The molecule has 0 saturated carbocycles. The van der Waals surface area contributed by atoms with Crippen LogP contribution in [-0.4, -0.2) is 21.4 Å². The van der Waals surface area contributed by atoms with Gasteiger partial charge in [-0.05, 0) is 47.9 Å². The van der Waals surface area contributed by atoms with E-state index in [2.05, 4.69) is 75.4 Å². The molecule has 2 aromatic carbocycles. The molecule has 0 aliphatic rings. The highest BCUT2D eigenvalue weighted by Crippen LogP contribution is 2.28. The predicted octanol–water partition coefficient (Wildman–Crippen LogP) is 6.22. The molecule has 0 radical (unpaired) electrons. The van der Waals surface area contributed by atoms with E-state index >= 15 is 0 Å². The SMILES string of the molecule is C=CCn1c(SCc2ccc(Br)cc2)nnc1-c1ccc(OCC(C)C)cc1. The minimum absolute atomic E-state index is 0.501. The first-order valence-corrected chi connectivity index (χ1v) is 11.0. The lowest BCUT2D eigenvalue weighted by molar-refractivity contribution is 0.271. The lowest BCUT2D eigenvalue weighted by atomic mass is 10.2. The Hall–Kier alpha value is -2.05. The number of ether oxygens (including phenoxy) is 1. The van der Waals surface area contributed by atoms with Crippen molar-refractivity contribution < 1.29 is 4.74 Å². The molecular weight excluding hydrogens is 434 g/mol. The van der Waals surface area contributed by atoms with E-state index in [0.29, 0.717) is 19.1 Å². The molecule has 0 bridgehead atoms. The van der Waals surface area contributed by atoms with Gasteiger partial charge in [-0.25, -0.2) is 0 Å². The molecule has 0 aliphatic heterocycles. The Morgan fingerprint density at radius 2 is 1.82 bits per heavy atom. The molecule has 1 heterocycles. The summed E-state index contributed by atoms with van der Waals surface area (Å²) in [4.78, 5) is 0. The van der Waals surface area contributed by atoms with Gasteiger partial charge in [-0.3, -0.25) is 4.57 Å². The standard InChI is InChI=1S/C22H24BrN3OS/c1-4-13-26-21(18-7-11-20(12-8-18)27-14-16(2)3)24-25-22(26)28-15-17-5-9-19(23)10-6-17/h4-12,16H,1,13-15H2,2-3H3. The van der Waals surface area contributed by atoms with Crippen LogP contribution in [0.5, 0.6) is 5.75 Å². The van der Waals surface area contributed by atoms with E-state index < -0.39 is 0 Å². The lowest BCUT2D eigenvalue weighted by Gasteiger charge is -2.10. The second kappa shape index (κ2) is 9.94. The van der Waals surface area contributed by atoms with Crippen molar-refractivity contribution in [1.82, 2.24) is 14.8 Å². The zero-order valence-corrected chi connectivity index (χ0v) is 18.5. The van der Waals surface area contributed by atoms with Gasteiger partial charge in [0.15, 0.2) is 11.0 Å². The topological polar surface area (TPSA) is 39.9 Å². The van der Waals surface area contributed by atoms with Crippen LogP contribution in [-0.2, 0) is 12.3 Å². The maximum absolute atomic E-state index is 5.77. The first-order valence-electron chi connectivity index (χ1n) is 9.21. The third kappa shape index (κ3) is 5.49. The number of hydrogen-bond acceptors (Lipinski definition) is 4. The van der Waals surface area contributed by atoms with Crippen molar-refractivity contribution in [2.24, 2.45) is 5.92 Å². The van der Waals surface area contributed by atoms with E-state index in [9.17, 15) is 0 Å². The van der Waals surface area contributed by atoms with Gasteiger partial charge in [0.2, 0.25) is 0 Å². The fourth-order valence-corrected chi connectivity index (χ4v) is 3.76. The zero-order chi connectivity index (χ0) is 19.9. The van der Waals surface area contributed by atoms with Gasteiger partial charge in [-0.1, -0.05) is 59.7 Å². The van der Waals surface area contributed by atoms with Gasteiger partial charge in [0, 0.05) is 22.3 Å². The van der Waals surface area contributed by atoms with Crippen molar-refractivity contribution in [2.75, 3.05) is 6.61 Å². The fraction of sp³-hybridized carbons (Fsp3) is 0.273. The number of benzene rings is 2. The highest BCUT2D eigenvalue weighted by atomic mass is 79.9. The molecule has 0 saturated heterocycles. The largest absolute Gasteiger partial charge is 0.493 e. The second-order valence-electron chi connectivity index (χ2n) is 6.85. The quantitative estimate of drug-likeness (QED) is 0.282. The van der Waals surface area contributed by atoms with Crippen LogP contribution in [0.3, 0.4) is 0 Å². The van der Waals surface area contributed by atoms with Crippen LogP contribution in [0, 0.1) is 5.92 Å². The Labute approximate surface area is 179 Å². The summed E-state index contributed by atoms with van der Waals surface area (Å²) >= 11 is 5.15. The Morgan fingerprint density at radius 3 is 2.46 bits per heavy atom. The summed E-state index contributed by atoms with van der Waals surface area (Å²) in [6.07, 6.45) is 1.87. The minimum Gasteiger partial charge on any atom is -0.493 e. The van der Waals surface area contributed by atoms with Gasteiger partial charge in [0.05, 0.1) is 6.61 Å². The van der Waals surface area contributed by atoms with E-state index in [1.54, 1.807) is 11.8 Å². The van der Waals surface area contributed by atoms with Gasteiger partial charge in [0.1, 0.15) is 5.75 Å². The summed E-state index contributed by atoms with van der Waals surface area (Å²) in [7, 11) is 0. The van der Waals surface area contributed by atoms with Crippen LogP contribution in [0.15, 0.2) is 70.8 Å². The van der Waals surface area contributed by atoms with E-state index in [-0.39, 0.29) is 0 Å². The molecule has 146 valence electrons. The maximum atomic E-state index is 5.77. The monoisotopic (exact) mass is 457 g/mol. The molecular formula is C22H24BrN3OS. The molecule has 0 fully saturated rings. The van der Waals surface area contributed by atoms with Crippen molar-refractivity contribution in [3.05, 3.63) is 71.2 Å². The minimum atomic E-state index is 0.501. The van der Waals surface area contributed by atoms with Crippen LogP contribution in [0.1, 0.15) is 19.4 Å². The highest BCUT2D eigenvalue weighted by Gasteiger charge is 2.14. The molecule has 0 atom stereocenters. The number of aromatic nitrogens is 3. The number of thioether (sulfide) groups is 1. The van der Waals surface area contributed by atoms with Gasteiger partial charge in [0.25, 0.3) is 0 Å². The summed E-state index contributed by atoms with van der Waals surface area (Å²) in [6.45, 7) is 9.53. The Kier molecular flexibility index (Phi) is 7.34. The fourth-order valence-electron chi connectivity index (χ4n) is 2.59. The lowest BCUT2D eigenvalue weighted by Crippen LogP contribution is -2.04. The predicted molar refractivity (Wildman–Crippen MR) is 120 cm³/mol. The van der Waals surface area contributed by atoms with Crippen LogP contribution in [0.2, 0.25) is 0 Å². The van der Waals surface area contributed by atoms with Crippen molar-refractivity contribution in [2.45, 2.75) is 31.3 Å². The second-order valence-corrected chi connectivity index (χ2v) is 8.71. The van der Waals surface area contributed by atoms with Gasteiger partial charge >= 0.3 is 0 Å².